The summed E-state index contributed by atoms with van der Waals surface area (Å²) >= 11 is 0. The van der Waals surface area contributed by atoms with Crippen LogP contribution in [0.3, 0.4) is 0 Å². The number of hydrogen-bond acceptors (Lipinski definition) is 5. The largest absolute Gasteiger partial charge is 0.452 e. The van der Waals surface area contributed by atoms with Crippen molar-refractivity contribution in [3.05, 3.63) is 89.7 Å². The Morgan fingerprint density at radius 1 is 1.00 bits per heavy atom. The lowest BCUT2D eigenvalue weighted by Gasteiger charge is -2.07. The molecule has 0 aliphatic rings. The van der Waals surface area contributed by atoms with Gasteiger partial charge in [-0.05, 0) is 42.3 Å². The number of carbonyl (C=O) groups excluding carboxylic acids is 2. The highest BCUT2D eigenvalue weighted by Crippen LogP contribution is 2.29. The van der Waals surface area contributed by atoms with Gasteiger partial charge in [0, 0.05) is 12.1 Å². The highest BCUT2D eigenvalue weighted by atomic mass is 19.1. The molecular weight excluding hydrogens is 399 g/mol. The molecule has 0 saturated carbocycles. The average Bonchev–Trinajstić information content (AvgIpc) is 3.22. The van der Waals surface area contributed by atoms with Gasteiger partial charge in [-0.3, -0.25) is 4.79 Å². The molecule has 0 unspecified atom stereocenters. The Bertz CT molecular complexity index is 1200. The minimum atomic E-state index is -0.615. The Morgan fingerprint density at radius 2 is 1.77 bits per heavy atom. The van der Waals surface area contributed by atoms with Crippen LogP contribution in [-0.4, -0.2) is 30.2 Å². The Kier molecular flexibility index (Phi) is 6.03. The Balaban J connectivity index is 1.34. The van der Waals surface area contributed by atoms with E-state index in [1.807, 2.05) is 30.3 Å². The molecule has 0 aliphatic heterocycles. The zero-order chi connectivity index (χ0) is 21.6. The van der Waals surface area contributed by atoms with Gasteiger partial charge in [-0.2, -0.15) is 0 Å². The summed E-state index contributed by atoms with van der Waals surface area (Å²) in [6.07, 6.45) is 0.548. The molecule has 0 aliphatic carbocycles. The van der Waals surface area contributed by atoms with Crippen LogP contribution in [0.15, 0.2) is 77.3 Å². The van der Waals surface area contributed by atoms with Crippen LogP contribution in [0.25, 0.3) is 22.2 Å². The van der Waals surface area contributed by atoms with Gasteiger partial charge in [-0.15, -0.1) is 0 Å². The molecule has 4 aromatic rings. The molecule has 1 heterocycles. The van der Waals surface area contributed by atoms with Gasteiger partial charge >= 0.3 is 5.97 Å². The third kappa shape index (κ3) is 4.95. The highest BCUT2D eigenvalue weighted by Gasteiger charge is 2.15. The van der Waals surface area contributed by atoms with Crippen molar-refractivity contribution in [2.45, 2.75) is 6.42 Å². The van der Waals surface area contributed by atoms with E-state index in [0.29, 0.717) is 35.2 Å². The number of ether oxygens (including phenoxy) is 1. The van der Waals surface area contributed by atoms with E-state index < -0.39 is 18.5 Å². The summed E-state index contributed by atoms with van der Waals surface area (Å²) in [5, 5.41) is 7.38. The van der Waals surface area contributed by atoms with Crippen LogP contribution in [-0.2, 0) is 16.0 Å². The van der Waals surface area contributed by atoms with Crippen LogP contribution in [0.4, 0.5) is 4.39 Å². The molecule has 0 radical (unpaired) electrons. The highest BCUT2D eigenvalue weighted by molar-refractivity contribution is 5.99. The third-order valence-corrected chi connectivity index (χ3v) is 4.73. The first-order valence-corrected chi connectivity index (χ1v) is 9.73. The van der Waals surface area contributed by atoms with Gasteiger partial charge in [0.25, 0.3) is 5.91 Å². The second-order valence-electron chi connectivity index (χ2n) is 6.91. The summed E-state index contributed by atoms with van der Waals surface area (Å²) in [6, 6.07) is 20.4. The van der Waals surface area contributed by atoms with Crippen LogP contribution >= 0.6 is 0 Å². The van der Waals surface area contributed by atoms with Crippen molar-refractivity contribution in [2.24, 2.45) is 0 Å². The SMILES string of the molecule is O=C(COC(=O)c1ccc2noc(-c3ccccc3)c2c1)NCCc1ccc(F)cc1. The van der Waals surface area contributed by atoms with Crippen molar-refractivity contribution >= 4 is 22.8 Å². The number of halogens is 1. The van der Waals surface area contributed by atoms with Gasteiger partial charge in [0.1, 0.15) is 11.3 Å². The maximum atomic E-state index is 12.9. The Hall–Kier alpha value is -4.00. The van der Waals surface area contributed by atoms with Gasteiger partial charge in [0.15, 0.2) is 12.4 Å². The summed E-state index contributed by atoms with van der Waals surface area (Å²) in [5.74, 6) is -0.772. The number of amides is 1. The minimum Gasteiger partial charge on any atom is -0.452 e. The topological polar surface area (TPSA) is 81.4 Å². The van der Waals surface area contributed by atoms with E-state index in [9.17, 15) is 14.0 Å². The molecule has 0 spiro atoms. The predicted molar refractivity (Wildman–Crippen MR) is 113 cm³/mol. The van der Waals surface area contributed by atoms with E-state index >= 15 is 0 Å². The van der Waals surface area contributed by atoms with Gasteiger partial charge in [-0.25, -0.2) is 9.18 Å². The van der Waals surface area contributed by atoms with Gasteiger partial charge in [0.2, 0.25) is 0 Å². The number of benzene rings is 3. The molecule has 6 nitrogen and oxygen atoms in total. The van der Waals surface area contributed by atoms with Crippen LogP contribution in [0.1, 0.15) is 15.9 Å². The zero-order valence-electron chi connectivity index (χ0n) is 16.5. The molecule has 156 valence electrons. The van der Waals surface area contributed by atoms with Gasteiger partial charge < -0.3 is 14.6 Å². The monoisotopic (exact) mass is 418 g/mol. The number of carbonyl (C=O) groups is 2. The first-order chi connectivity index (χ1) is 15.1. The first kappa shape index (κ1) is 20.3. The second kappa shape index (κ2) is 9.21. The molecule has 7 heteroatoms. The lowest BCUT2D eigenvalue weighted by molar-refractivity contribution is -0.124. The van der Waals surface area contributed by atoms with Crippen LogP contribution in [0.2, 0.25) is 0 Å². The van der Waals surface area contributed by atoms with Crippen molar-refractivity contribution in [1.82, 2.24) is 10.5 Å². The molecule has 0 fully saturated rings. The van der Waals surface area contributed by atoms with Gasteiger partial charge in [0.05, 0.1) is 10.9 Å². The summed E-state index contributed by atoms with van der Waals surface area (Å²) in [6.45, 7) is -0.0371. The molecule has 1 amide bonds. The van der Waals surface area contributed by atoms with Crippen molar-refractivity contribution in [3.8, 4) is 11.3 Å². The number of rotatable bonds is 7. The lowest BCUT2D eigenvalue weighted by atomic mass is 10.1. The molecular formula is C24H19FN2O4. The average molecular weight is 418 g/mol. The molecule has 0 saturated heterocycles. The molecule has 1 aromatic heterocycles. The van der Waals surface area contributed by atoms with E-state index in [1.165, 1.54) is 12.1 Å². The van der Waals surface area contributed by atoms with E-state index in [1.54, 1.807) is 30.3 Å². The molecule has 31 heavy (non-hydrogen) atoms. The second-order valence-corrected chi connectivity index (χ2v) is 6.91. The number of aromatic nitrogens is 1. The number of esters is 1. The first-order valence-electron chi connectivity index (χ1n) is 9.73. The van der Waals surface area contributed by atoms with Crippen molar-refractivity contribution in [1.29, 1.82) is 0 Å². The smallest absolute Gasteiger partial charge is 0.338 e. The van der Waals surface area contributed by atoms with Crippen molar-refractivity contribution < 1.29 is 23.2 Å². The summed E-state index contributed by atoms with van der Waals surface area (Å²) in [4.78, 5) is 24.4. The normalized spacial score (nSPS) is 10.7. The number of nitrogens with one attached hydrogen (secondary N) is 1. The number of nitrogens with zero attached hydrogens (tertiary/aromatic N) is 1. The van der Waals surface area contributed by atoms with Crippen LogP contribution in [0, 0.1) is 5.82 Å². The molecule has 0 bridgehead atoms. The van der Waals surface area contributed by atoms with Crippen LogP contribution < -0.4 is 5.32 Å². The fourth-order valence-corrected chi connectivity index (χ4v) is 3.13. The van der Waals surface area contributed by atoms with Crippen molar-refractivity contribution in [3.63, 3.8) is 0 Å². The maximum absolute atomic E-state index is 12.9. The number of hydrogen-bond donors (Lipinski definition) is 1. The predicted octanol–water partition coefficient (Wildman–Crippen LogP) is 4.15. The molecule has 0 atom stereocenters. The zero-order valence-corrected chi connectivity index (χ0v) is 16.5. The fraction of sp³-hybridized carbons (Fsp3) is 0.125. The Labute approximate surface area is 177 Å². The fourth-order valence-electron chi connectivity index (χ4n) is 3.13. The summed E-state index contributed by atoms with van der Waals surface area (Å²) in [7, 11) is 0. The standard InChI is InChI=1S/C24H19FN2O4/c25-19-9-6-16(7-10-19)12-13-26-22(28)15-30-24(29)18-8-11-21-20(14-18)23(31-27-21)17-4-2-1-3-5-17/h1-11,14H,12-13,15H2,(H,26,28). The van der Waals surface area contributed by atoms with E-state index in [4.69, 9.17) is 9.26 Å². The lowest BCUT2D eigenvalue weighted by Crippen LogP contribution is -2.30. The Morgan fingerprint density at radius 3 is 2.55 bits per heavy atom. The van der Waals surface area contributed by atoms with Crippen LogP contribution in [0.5, 0.6) is 0 Å². The third-order valence-electron chi connectivity index (χ3n) is 4.73. The quantitative estimate of drug-likeness (QED) is 0.456. The molecule has 3 aromatic carbocycles. The summed E-state index contributed by atoms with van der Waals surface area (Å²) in [5.41, 5.74) is 2.66. The molecule has 1 N–H and O–H groups in total. The van der Waals surface area contributed by atoms with Crippen molar-refractivity contribution in [2.75, 3.05) is 13.2 Å². The van der Waals surface area contributed by atoms with E-state index in [0.717, 1.165) is 11.1 Å². The number of fused-ring (bicyclic) bond motifs is 1. The molecule has 4 rings (SSSR count). The maximum Gasteiger partial charge on any atom is 0.338 e. The van der Waals surface area contributed by atoms with E-state index in [-0.39, 0.29) is 5.82 Å². The van der Waals surface area contributed by atoms with E-state index in [2.05, 4.69) is 10.5 Å². The van der Waals surface area contributed by atoms with Gasteiger partial charge in [-0.1, -0.05) is 47.6 Å². The summed E-state index contributed by atoms with van der Waals surface area (Å²) < 4.78 is 23.5. The minimum absolute atomic E-state index is 0.298.